The molecule has 1 aromatic carbocycles. The van der Waals surface area contributed by atoms with Crippen LogP contribution in [0, 0.1) is 12.8 Å². The molecule has 0 radical (unpaired) electrons. The Kier molecular flexibility index (Phi) is 4.77. The molecular weight excluding hydrogens is 252 g/mol. The van der Waals surface area contributed by atoms with Crippen molar-refractivity contribution in [3.63, 3.8) is 0 Å². The fourth-order valence-corrected chi connectivity index (χ4v) is 2.26. The number of rotatable bonds is 4. The Morgan fingerprint density at radius 2 is 1.87 bits per heavy atom. The first-order chi connectivity index (χ1) is 7.11. The molecule has 0 amide bonds. The van der Waals surface area contributed by atoms with Crippen LogP contribution in [0.25, 0.3) is 0 Å². The molecule has 4 N–H and O–H groups in total. The van der Waals surface area contributed by atoms with Crippen molar-refractivity contribution in [2.45, 2.75) is 19.8 Å². The lowest BCUT2D eigenvalue weighted by atomic mass is 9.85. The third-order valence-electron chi connectivity index (χ3n) is 3.11. The van der Waals surface area contributed by atoms with Crippen LogP contribution in [0.2, 0.25) is 0 Å². The van der Waals surface area contributed by atoms with Gasteiger partial charge in [-0.25, -0.2) is 0 Å². The van der Waals surface area contributed by atoms with E-state index in [2.05, 4.69) is 48.0 Å². The van der Waals surface area contributed by atoms with Crippen LogP contribution in [-0.4, -0.2) is 13.1 Å². The Bertz CT molecular complexity index is 321. The number of hydrogen-bond donors (Lipinski definition) is 2. The molecule has 15 heavy (non-hydrogen) atoms. The molecule has 0 bridgehead atoms. The van der Waals surface area contributed by atoms with Gasteiger partial charge in [-0.15, -0.1) is 0 Å². The maximum Gasteiger partial charge on any atom is 0.0207 e. The van der Waals surface area contributed by atoms with Crippen LogP contribution in [0.3, 0.4) is 0 Å². The van der Waals surface area contributed by atoms with E-state index in [4.69, 9.17) is 11.5 Å². The monoisotopic (exact) mass is 270 g/mol. The van der Waals surface area contributed by atoms with Gasteiger partial charge in [0.15, 0.2) is 0 Å². The molecule has 0 heterocycles. The average Bonchev–Trinajstić information content (AvgIpc) is 2.23. The highest BCUT2D eigenvalue weighted by Crippen LogP contribution is 2.29. The predicted octanol–water partition coefficient (Wildman–Crippen LogP) is 2.39. The van der Waals surface area contributed by atoms with Gasteiger partial charge in [0.1, 0.15) is 0 Å². The van der Waals surface area contributed by atoms with E-state index in [9.17, 15) is 0 Å². The Labute approximate surface area is 100 Å². The van der Waals surface area contributed by atoms with Crippen LogP contribution >= 0.6 is 15.9 Å². The van der Waals surface area contributed by atoms with Gasteiger partial charge in [-0.3, -0.25) is 0 Å². The van der Waals surface area contributed by atoms with Crippen LogP contribution in [0.4, 0.5) is 0 Å². The summed E-state index contributed by atoms with van der Waals surface area (Å²) in [7, 11) is 0. The lowest BCUT2D eigenvalue weighted by molar-refractivity contribution is 0.465. The fraction of sp³-hybridized carbons (Fsp3) is 0.500. The summed E-state index contributed by atoms with van der Waals surface area (Å²) in [6.07, 6.45) is 0. The molecule has 1 atom stereocenters. The quantitative estimate of drug-likeness (QED) is 0.883. The molecule has 3 heteroatoms. The second-order valence-electron chi connectivity index (χ2n) is 3.97. The minimum atomic E-state index is 0.359. The minimum absolute atomic E-state index is 0.359. The lowest BCUT2D eigenvalue weighted by Crippen LogP contribution is -2.28. The smallest absolute Gasteiger partial charge is 0.0207 e. The second kappa shape index (κ2) is 5.64. The maximum absolute atomic E-state index is 5.72. The van der Waals surface area contributed by atoms with E-state index in [1.165, 1.54) is 11.1 Å². The van der Waals surface area contributed by atoms with Crippen LogP contribution in [0.5, 0.6) is 0 Å². The normalized spacial score (nSPS) is 13.2. The Morgan fingerprint density at radius 1 is 1.27 bits per heavy atom. The Hall–Kier alpha value is -0.380. The van der Waals surface area contributed by atoms with Crippen LogP contribution in [0.1, 0.15) is 24.0 Å². The maximum atomic E-state index is 5.72. The van der Waals surface area contributed by atoms with E-state index in [1.807, 2.05) is 0 Å². The molecule has 0 aromatic heterocycles. The fourth-order valence-electron chi connectivity index (χ4n) is 1.88. The molecule has 84 valence electrons. The van der Waals surface area contributed by atoms with Gasteiger partial charge in [0.05, 0.1) is 0 Å². The molecule has 0 aliphatic rings. The molecule has 1 aromatic rings. The highest BCUT2D eigenvalue weighted by Gasteiger charge is 2.18. The molecule has 0 saturated heterocycles. The minimum Gasteiger partial charge on any atom is -0.330 e. The molecule has 0 saturated carbocycles. The van der Waals surface area contributed by atoms with Crippen molar-refractivity contribution in [3.8, 4) is 0 Å². The van der Waals surface area contributed by atoms with Gasteiger partial charge in [-0.2, -0.15) is 0 Å². The van der Waals surface area contributed by atoms with Gasteiger partial charge in [-0.05, 0) is 49.0 Å². The molecule has 1 unspecified atom stereocenters. The van der Waals surface area contributed by atoms with Crippen LogP contribution < -0.4 is 11.5 Å². The van der Waals surface area contributed by atoms with Crippen molar-refractivity contribution in [3.05, 3.63) is 33.8 Å². The van der Waals surface area contributed by atoms with Gasteiger partial charge in [0, 0.05) is 4.47 Å². The standard InChI is InChI=1S/C12H19BrN2/c1-8(10(6-14)7-15)11-4-3-5-12(13)9(11)2/h3-5,8,10H,6-7,14-15H2,1-2H3. The zero-order chi connectivity index (χ0) is 11.4. The number of halogens is 1. The van der Waals surface area contributed by atoms with E-state index in [1.54, 1.807) is 0 Å². The average molecular weight is 271 g/mol. The predicted molar refractivity (Wildman–Crippen MR) is 68.9 cm³/mol. The first-order valence-corrected chi connectivity index (χ1v) is 6.06. The third-order valence-corrected chi connectivity index (χ3v) is 3.97. The summed E-state index contributed by atoms with van der Waals surface area (Å²) in [5.74, 6) is 0.774. The van der Waals surface area contributed by atoms with Gasteiger partial charge < -0.3 is 11.5 Å². The lowest BCUT2D eigenvalue weighted by Gasteiger charge is -2.23. The highest BCUT2D eigenvalue weighted by molar-refractivity contribution is 9.10. The van der Waals surface area contributed by atoms with Crippen molar-refractivity contribution < 1.29 is 0 Å². The second-order valence-corrected chi connectivity index (χ2v) is 4.83. The third kappa shape index (κ3) is 2.80. The first kappa shape index (κ1) is 12.7. The Balaban J connectivity index is 2.99. The van der Waals surface area contributed by atoms with E-state index in [0.29, 0.717) is 24.9 Å². The van der Waals surface area contributed by atoms with Gasteiger partial charge >= 0.3 is 0 Å². The van der Waals surface area contributed by atoms with E-state index in [-0.39, 0.29) is 0 Å². The summed E-state index contributed by atoms with van der Waals surface area (Å²) in [4.78, 5) is 0. The molecule has 0 aliphatic carbocycles. The van der Waals surface area contributed by atoms with Crippen LogP contribution in [0.15, 0.2) is 22.7 Å². The SMILES string of the molecule is Cc1c(Br)cccc1C(C)C(CN)CN. The summed E-state index contributed by atoms with van der Waals surface area (Å²) in [5, 5.41) is 0. The summed E-state index contributed by atoms with van der Waals surface area (Å²) >= 11 is 3.54. The van der Waals surface area contributed by atoms with Gasteiger partial charge in [-0.1, -0.05) is 35.0 Å². The van der Waals surface area contributed by atoms with E-state index >= 15 is 0 Å². The zero-order valence-electron chi connectivity index (χ0n) is 9.33. The van der Waals surface area contributed by atoms with Crippen molar-refractivity contribution in [1.29, 1.82) is 0 Å². The topological polar surface area (TPSA) is 52.0 Å². The summed E-state index contributed by atoms with van der Waals surface area (Å²) in [5.41, 5.74) is 14.1. The molecule has 1 rings (SSSR count). The highest BCUT2D eigenvalue weighted by atomic mass is 79.9. The number of hydrogen-bond acceptors (Lipinski definition) is 2. The van der Waals surface area contributed by atoms with Crippen molar-refractivity contribution in [2.24, 2.45) is 17.4 Å². The molecule has 0 aliphatic heterocycles. The first-order valence-electron chi connectivity index (χ1n) is 5.27. The van der Waals surface area contributed by atoms with Gasteiger partial charge in [0.2, 0.25) is 0 Å². The number of benzene rings is 1. The van der Waals surface area contributed by atoms with Crippen molar-refractivity contribution in [1.82, 2.24) is 0 Å². The summed E-state index contributed by atoms with van der Waals surface area (Å²) in [6.45, 7) is 5.60. The Morgan fingerprint density at radius 3 is 2.40 bits per heavy atom. The molecule has 0 fully saturated rings. The summed E-state index contributed by atoms with van der Waals surface area (Å²) in [6, 6.07) is 6.28. The van der Waals surface area contributed by atoms with Crippen LogP contribution in [-0.2, 0) is 0 Å². The summed E-state index contributed by atoms with van der Waals surface area (Å²) < 4.78 is 1.15. The largest absolute Gasteiger partial charge is 0.330 e. The van der Waals surface area contributed by atoms with Crippen molar-refractivity contribution in [2.75, 3.05) is 13.1 Å². The number of nitrogens with two attached hydrogens (primary N) is 2. The van der Waals surface area contributed by atoms with Gasteiger partial charge in [0.25, 0.3) is 0 Å². The molecule has 2 nitrogen and oxygen atoms in total. The van der Waals surface area contributed by atoms with E-state index in [0.717, 1.165) is 4.47 Å². The zero-order valence-corrected chi connectivity index (χ0v) is 10.9. The van der Waals surface area contributed by atoms with E-state index < -0.39 is 0 Å². The van der Waals surface area contributed by atoms with Crippen molar-refractivity contribution >= 4 is 15.9 Å². The molecular formula is C12H19BrN2. The molecule has 0 spiro atoms.